The maximum absolute atomic E-state index is 12.0. The molecule has 0 bridgehead atoms. The van der Waals surface area contributed by atoms with E-state index in [4.69, 9.17) is 4.74 Å². The zero-order chi connectivity index (χ0) is 15.9. The number of carbonyl (C=O) groups is 1. The molecular formula is C14H13N3O4S. The number of rotatable bonds is 6. The molecule has 0 radical (unpaired) electrons. The Hall–Kier alpha value is -2.58. The summed E-state index contributed by atoms with van der Waals surface area (Å²) in [4.78, 5) is 22.7. The first-order valence-electron chi connectivity index (χ1n) is 6.26. The lowest BCUT2D eigenvalue weighted by Crippen LogP contribution is -2.26. The van der Waals surface area contributed by atoms with Crippen LogP contribution < -0.4 is 5.43 Å². The molecule has 0 fully saturated rings. The molecule has 1 aromatic heterocycles. The summed E-state index contributed by atoms with van der Waals surface area (Å²) in [7, 11) is 1.43. The predicted octanol–water partition coefficient (Wildman–Crippen LogP) is 2.49. The quantitative estimate of drug-likeness (QED) is 0.503. The first kappa shape index (κ1) is 15.8. The molecule has 0 saturated heterocycles. The van der Waals surface area contributed by atoms with Crippen LogP contribution in [0, 0.1) is 10.1 Å². The van der Waals surface area contributed by atoms with Crippen LogP contribution in [0.2, 0.25) is 0 Å². The molecule has 8 heteroatoms. The Morgan fingerprint density at radius 3 is 2.68 bits per heavy atom. The molecule has 7 nitrogen and oxygen atoms in total. The molecule has 1 N–H and O–H groups in total. The summed E-state index contributed by atoms with van der Waals surface area (Å²) >= 11 is 0.972. The lowest BCUT2D eigenvalue weighted by molar-refractivity contribution is -0.380. The first-order chi connectivity index (χ1) is 10.6. The number of carbonyl (C=O) groups excluding carboxylic acids is 1. The van der Waals surface area contributed by atoms with E-state index in [1.807, 2.05) is 18.2 Å². The first-order valence-corrected chi connectivity index (χ1v) is 7.08. The molecule has 1 amide bonds. The summed E-state index contributed by atoms with van der Waals surface area (Å²) in [6, 6.07) is 12.0. The Kier molecular flexibility index (Phi) is 5.34. The normalized spacial score (nSPS) is 12.2. The van der Waals surface area contributed by atoms with Gasteiger partial charge in [-0.1, -0.05) is 41.7 Å². The van der Waals surface area contributed by atoms with Crippen molar-refractivity contribution in [1.29, 1.82) is 0 Å². The van der Waals surface area contributed by atoms with Crippen LogP contribution in [0.3, 0.4) is 0 Å². The lowest BCUT2D eigenvalue weighted by Gasteiger charge is -2.13. The molecule has 22 heavy (non-hydrogen) atoms. The van der Waals surface area contributed by atoms with Gasteiger partial charge in [0, 0.05) is 13.2 Å². The van der Waals surface area contributed by atoms with Crippen LogP contribution >= 0.6 is 11.3 Å². The molecule has 0 aliphatic heterocycles. The standard InChI is InChI=1S/C14H13N3O4S/c1-21-13(10-5-3-2-4-6-10)14(18)16-15-9-11-7-8-12(22-11)17(19)20/h2-9,13H,1H3,(H,16,18)/b15-9-/t13-/m1/s1. The molecule has 114 valence electrons. The molecule has 0 aliphatic carbocycles. The van der Waals surface area contributed by atoms with E-state index in [-0.39, 0.29) is 5.00 Å². The number of hydrazone groups is 1. The maximum Gasteiger partial charge on any atom is 0.324 e. The summed E-state index contributed by atoms with van der Waals surface area (Å²) < 4.78 is 5.16. The van der Waals surface area contributed by atoms with Crippen molar-refractivity contribution < 1.29 is 14.5 Å². The van der Waals surface area contributed by atoms with Crippen molar-refractivity contribution in [3.05, 3.63) is 63.0 Å². The van der Waals surface area contributed by atoms with Crippen molar-refractivity contribution in [2.75, 3.05) is 7.11 Å². The fraction of sp³-hybridized carbons (Fsp3) is 0.143. The molecule has 2 rings (SSSR count). The van der Waals surface area contributed by atoms with E-state index in [9.17, 15) is 14.9 Å². The number of amides is 1. The molecule has 0 saturated carbocycles. The highest BCUT2D eigenvalue weighted by Crippen LogP contribution is 2.22. The van der Waals surface area contributed by atoms with E-state index >= 15 is 0 Å². The van der Waals surface area contributed by atoms with Crippen molar-refractivity contribution in [3.8, 4) is 0 Å². The molecule has 0 spiro atoms. The lowest BCUT2D eigenvalue weighted by atomic mass is 10.1. The fourth-order valence-corrected chi connectivity index (χ4v) is 2.44. The highest BCUT2D eigenvalue weighted by Gasteiger charge is 2.19. The van der Waals surface area contributed by atoms with Crippen molar-refractivity contribution in [3.63, 3.8) is 0 Å². The Morgan fingerprint density at radius 1 is 1.36 bits per heavy atom. The van der Waals surface area contributed by atoms with Crippen molar-refractivity contribution in [2.24, 2.45) is 5.10 Å². The van der Waals surface area contributed by atoms with Gasteiger partial charge in [0.2, 0.25) is 0 Å². The number of nitrogens with one attached hydrogen (secondary N) is 1. The van der Waals surface area contributed by atoms with Gasteiger partial charge >= 0.3 is 5.00 Å². The Balaban J connectivity index is 1.98. The van der Waals surface area contributed by atoms with Crippen molar-refractivity contribution in [1.82, 2.24) is 5.43 Å². The SMILES string of the molecule is CO[C@@H](C(=O)N/N=C\c1ccc([N+](=O)[O-])s1)c1ccccc1. The van der Waals surface area contributed by atoms with Gasteiger partial charge in [0.25, 0.3) is 5.91 Å². The second-order valence-corrected chi connectivity index (χ2v) is 5.29. The second kappa shape index (κ2) is 7.43. The van der Waals surface area contributed by atoms with Gasteiger partial charge < -0.3 is 4.74 Å². The Bertz CT molecular complexity index is 684. The van der Waals surface area contributed by atoms with Crippen LogP contribution in [-0.4, -0.2) is 24.2 Å². The van der Waals surface area contributed by atoms with Crippen molar-refractivity contribution in [2.45, 2.75) is 6.10 Å². The van der Waals surface area contributed by atoms with Crippen LogP contribution in [0.4, 0.5) is 5.00 Å². The van der Waals surface area contributed by atoms with Crippen LogP contribution in [0.25, 0.3) is 0 Å². The monoisotopic (exact) mass is 319 g/mol. The van der Waals surface area contributed by atoms with E-state index in [1.165, 1.54) is 19.4 Å². The zero-order valence-corrected chi connectivity index (χ0v) is 12.4. The third-order valence-corrected chi connectivity index (χ3v) is 3.71. The molecule has 0 unspecified atom stereocenters. The number of methoxy groups -OCH3 is 1. The third-order valence-electron chi connectivity index (χ3n) is 2.74. The van der Waals surface area contributed by atoms with E-state index in [2.05, 4.69) is 10.5 Å². The van der Waals surface area contributed by atoms with Crippen LogP contribution in [0.1, 0.15) is 16.5 Å². The van der Waals surface area contributed by atoms with Crippen LogP contribution in [-0.2, 0) is 9.53 Å². The number of hydrogen-bond donors (Lipinski definition) is 1. The molecule has 1 aromatic carbocycles. The van der Waals surface area contributed by atoms with Gasteiger partial charge in [-0.25, -0.2) is 5.43 Å². The van der Waals surface area contributed by atoms with Gasteiger partial charge in [-0.05, 0) is 11.6 Å². The van der Waals surface area contributed by atoms with Crippen molar-refractivity contribution >= 4 is 28.5 Å². The van der Waals surface area contributed by atoms with E-state index in [1.54, 1.807) is 18.2 Å². The third kappa shape index (κ3) is 3.96. The number of nitro groups is 1. The summed E-state index contributed by atoms with van der Waals surface area (Å²) in [6.07, 6.45) is 0.587. The second-order valence-electron chi connectivity index (χ2n) is 4.19. The van der Waals surface area contributed by atoms with Gasteiger partial charge in [-0.3, -0.25) is 14.9 Å². The van der Waals surface area contributed by atoms with Gasteiger partial charge in [0.05, 0.1) is 16.0 Å². The summed E-state index contributed by atoms with van der Waals surface area (Å²) in [5, 5.41) is 14.4. The predicted molar refractivity (Wildman–Crippen MR) is 82.9 cm³/mol. The van der Waals surface area contributed by atoms with Gasteiger partial charge in [0.15, 0.2) is 6.10 Å². The minimum atomic E-state index is -0.768. The fourth-order valence-electron chi connectivity index (χ4n) is 1.75. The molecule has 0 aliphatic rings. The van der Waals surface area contributed by atoms with E-state index in [0.29, 0.717) is 10.4 Å². The Labute approximate surface area is 130 Å². The highest BCUT2D eigenvalue weighted by molar-refractivity contribution is 7.16. The minimum absolute atomic E-state index is 0.0202. The zero-order valence-electron chi connectivity index (χ0n) is 11.6. The Morgan fingerprint density at radius 2 is 2.09 bits per heavy atom. The number of nitrogens with zero attached hydrogens (tertiary/aromatic N) is 2. The molecule has 1 heterocycles. The van der Waals surface area contributed by atoms with Crippen LogP contribution in [0.15, 0.2) is 47.6 Å². The van der Waals surface area contributed by atoms with Gasteiger partial charge in [-0.15, -0.1) is 0 Å². The summed E-state index contributed by atoms with van der Waals surface area (Å²) in [5.74, 6) is -0.420. The summed E-state index contributed by atoms with van der Waals surface area (Å²) in [6.45, 7) is 0. The maximum atomic E-state index is 12.0. The van der Waals surface area contributed by atoms with E-state index < -0.39 is 16.9 Å². The smallest absolute Gasteiger partial charge is 0.324 e. The number of benzene rings is 1. The average Bonchev–Trinajstić information content (AvgIpc) is 2.98. The molecular weight excluding hydrogens is 306 g/mol. The number of ether oxygens (including phenoxy) is 1. The minimum Gasteiger partial charge on any atom is -0.367 e. The number of hydrogen-bond acceptors (Lipinski definition) is 6. The van der Waals surface area contributed by atoms with Gasteiger partial charge in [-0.2, -0.15) is 5.10 Å². The largest absolute Gasteiger partial charge is 0.367 e. The number of thiophene rings is 1. The highest BCUT2D eigenvalue weighted by atomic mass is 32.1. The van der Waals surface area contributed by atoms with Gasteiger partial charge in [0.1, 0.15) is 0 Å². The summed E-state index contributed by atoms with van der Waals surface area (Å²) in [5.41, 5.74) is 3.07. The molecule has 1 atom stereocenters. The average molecular weight is 319 g/mol. The molecule has 2 aromatic rings. The topological polar surface area (TPSA) is 93.8 Å². The van der Waals surface area contributed by atoms with E-state index in [0.717, 1.165) is 11.3 Å². The van der Waals surface area contributed by atoms with Crippen LogP contribution in [0.5, 0.6) is 0 Å².